The second-order valence-corrected chi connectivity index (χ2v) is 2.50. The number of hydrogen-bond acceptors (Lipinski definition) is 4. The monoisotopic (exact) mass is 165 g/mol. The summed E-state index contributed by atoms with van der Waals surface area (Å²) in [5.74, 6) is 3.31. The van der Waals surface area contributed by atoms with Gasteiger partial charge in [-0.3, -0.25) is 0 Å². The van der Waals surface area contributed by atoms with E-state index in [1.807, 2.05) is 6.92 Å². The lowest BCUT2D eigenvalue weighted by molar-refractivity contribution is 0.813. The molecule has 5 nitrogen and oxygen atoms in total. The Morgan fingerprint density at radius 1 is 1.83 bits per heavy atom. The first-order valence-corrected chi connectivity index (χ1v) is 3.60. The van der Waals surface area contributed by atoms with E-state index in [1.165, 1.54) is 0 Å². The summed E-state index contributed by atoms with van der Waals surface area (Å²) < 4.78 is 0. The van der Waals surface area contributed by atoms with Crippen molar-refractivity contribution in [3.05, 3.63) is 0 Å². The quantitative estimate of drug-likeness (QED) is 0.559. The van der Waals surface area contributed by atoms with Crippen LogP contribution in [0.15, 0.2) is 0 Å². The molecular weight excluding hydrogens is 154 g/mol. The van der Waals surface area contributed by atoms with Gasteiger partial charge in [-0.15, -0.1) is 17.4 Å². The minimum atomic E-state index is 0.158. The molecule has 1 aromatic rings. The Morgan fingerprint density at radius 3 is 3.08 bits per heavy atom. The number of nitrogens with one attached hydrogen (secondary N) is 2. The van der Waals surface area contributed by atoms with Crippen molar-refractivity contribution >= 4 is 11.9 Å². The molecule has 0 amide bonds. The van der Waals surface area contributed by atoms with Crippen molar-refractivity contribution in [2.24, 2.45) is 0 Å². The molecule has 64 valence electrons. The van der Waals surface area contributed by atoms with Gasteiger partial charge in [-0.2, -0.15) is 4.98 Å². The number of aromatic amines is 1. The highest BCUT2D eigenvalue weighted by atomic mass is 15.3. The molecule has 0 aliphatic rings. The lowest BCUT2D eigenvalue weighted by atomic mass is 10.2. The first kappa shape index (κ1) is 8.40. The van der Waals surface area contributed by atoms with Crippen LogP contribution < -0.4 is 11.1 Å². The predicted octanol–water partition coefficient (Wildman–Crippen LogP) is 0.211. The molecular formula is C7H11N5. The molecule has 5 heteroatoms. The fraction of sp³-hybridized carbons (Fsp3) is 0.429. The molecule has 0 spiro atoms. The van der Waals surface area contributed by atoms with Crippen LogP contribution in [0, 0.1) is 12.3 Å². The Balaban J connectivity index is 2.47. The molecule has 4 N–H and O–H groups in total. The first-order chi connectivity index (χ1) is 5.72. The minimum Gasteiger partial charge on any atom is -0.368 e. The summed E-state index contributed by atoms with van der Waals surface area (Å²) >= 11 is 0. The van der Waals surface area contributed by atoms with Crippen LogP contribution >= 0.6 is 0 Å². The fourth-order valence-electron chi connectivity index (χ4n) is 0.787. The Hall–Kier alpha value is -1.70. The average Bonchev–Trinajstić information content (AvgIpc) is 2.36. The van der Waals surface area contributed by atoms with Crippen LogP contribution in [0.3, 0.4) is 0 Å². The van der Waals surface area contributed by atoms with Gasteiger partial charge in [0.05, 0.1) is 0 Å². The van der Waals surface area contributed by atoms with Gasteiger partial charge < -0.3 is 11.1 Å². The van der Waals surface area contributed by atoms with E-state index in [1.54, 1.807) is 0 Å². The largest absolute Gasteiger partial charge is 0.368 e. The number of nitrogens with zero attached hydrogens (tertiary/aromatic N) is 2. The second-order valence-electron chi connectivity index (χ2n) is 2.50. The Bertz CT molecular complexity index is 284. The topological polar surface area (TPSA) is 79.6 Å². The van der Waals surface area contributed by atoms with E-state index in [9.17, 15) is 0 Å². The molecule has 1 heterocycles. The van der Waals surface area contributed by atoms with E-state index in [0.717, 1.165) is 0 Å². The molecule has 0 aliphatic heterocycles. The molecule has 1 unspecified atom stereocenters. The number of hydrogen-bond donors (Lipinski definition) is 3. The third kappa shape index (κ3) is 2.16. The lowest BCUT2D eigenvalue weighted by Crippen LogP contribution is -2.15. The zero-order valence-electron chi connectivity index (χ0n) is 6.83. The van der Waals surface area contributed by atoms with Crippen LogP contribution in [0.5, 0.6) is 0 Å². The van der Waals surface area contributed by atoms with Crippen LogP contribution in [0.1, 0.15) is 13.3 Å². The van der Waals surface area contributed by atoms with Crippen molar-refractivity contribution in [1.82, 2.24) is 15.2 Å². The summed E-state index contributed by atoms with van der Waals surface area (Å²) in [5.41, 5.74) is 5.32. The molecule has 1 atom stereocenters. The zero-order valence-corrected chi connectivity index (χ0v) is 6.83. The lowest BCUT2D eigenvalue weighted by Gasteiger charge is -2.06. The van der Waals surface area contributed by atoms with Crippen molar-refractivity contribution in [2.75, 3.05) is 11.1 Å². The zero-order chi connectivity index (χ0) is 8.97. The highest BCUT2D eigenvalue weighted by molar-refractivity contribution is 5.30. The van der Waals surface area contributed by atoms with Gasteiger partial charge in [-0.1, -0.05) is 0 Å². The maximum absolute atomic E-state index is 5.32. The van der Waals surface area contributed by atoms with Gasteiger partial charge in [0, 0.05) is 12.5 Å². The van der Waals surface area contributed by atoms with Crippen molar-refractivity contribution in [2.45, 2.75) is 19.4 Å². The smallest absolute Gasteiger partial charge is 0.243 e. The summed E-state index contributed by atoms with van der Waals surface area (Å²) in [5, 5.41) is 9.30. The van der Waals surface area contributed by atoms with Gasteiger partial charge in [0.15, 0.2) is 0 Å². The maximum atomic E-state index is 5.32. The van der Waals surface area contributed by atoms with Gasteiger partial charge in [0.1, 0.15) is 0 Å². The summed E-state index contributed by atoms with van der Waals surface area (Å²) in [6, 6.07) is 0.158. The Labute approximate surface area is 70.8 Å². The molecule has 0 saturated carbocycles. The summed E-state index contributed by atoms with van der Waals surface area (Å²) in [4.78, 5) is 3.86. The van der Waals surface area contributed by atoms with Gasteiger partial charge in [-0.05, 0) is 6.92 Å². The van der Waals surface area contributed by atoms with E-state index in [-0.39, 0.29) is 6.04 Å². The van der Waals surface area contributed by atoms with E-state index in [0.29, 0.717) is 18.3 Å². The third-order valence-corrected chi connectivity index (χ3v) is 1.30. The Kier molecular flexibility index (Phi) is 2.53. The van der Waals surface area contributed by atoms with Gasteiger partial charge in [0.2, 0.25) is 11.9 Å². The number of anilines is 2. The SMILES string of the molecule is C#CCC(C)Nc1n[nH]c(N)n1. The fourth-order valence-corrected chi connectivity index (χ4v) is 0.787. The highest BCUT2D eigenvalue weighted by Crippen LogP contribution is 2.02. The van der Waals surface area contributed by atoms with Gasteiger partial charge >= 0.3 is 0 Å². The highest BCUT2D eigenvalue weighted by Gasteiger charge is 2.03. The van der Waals surface area contributed by atoms with E-state index in [4.69, 9.17) is 12.2 Å². The number of nitrogens with two attached hydrogens (primary N) is 1. The number of terminal acetylenes is 1. The van der Waals surface area contributed by atoms with E-state index in [2.05, 4.69) is 26.4 Å². The molecule has 1 rings (SSSR count). The molecule has 0 aliphatic carbocycles. The van der Waals surface area contributed by atoms with E-state index >= 15 is 0 Å². The molecule has 0 saturated heterocycles. The van der Waals surface area contributed by atoms with Gasteiger partial charge in [-0.25, -0.2) is 5.10 Å². The molecule has 0 bridgehead atoms. The predicted molar refractivity (Wildman–Crippen MR) is 47.3 cm³/mol. The van der Waals surface area contributed by atoms with Crippen molar-refractivity contribution in [3.63, 3.8) is 0 Å². The van der Waals surface area contributed by atoms with Crippen molar-refractivity contribution < 1.29 is 0 Å². The van der Waals surface area contributed by atoms with Gasteiger partial charge in [0.25, 0.3) is 0 Å². The van der Waals surface area contributed by atoms with Crippen molar-refractivity contribution in [3.8, 4) is 12.3 Å². The summed E-state index contributed by atoms with van der Waals surface area (Å²) in [6.07, 6.45) is 5.76. The van der Waals surface area contributed by atoms with Crippen LogP contribution in [-0.2, 0) is 0 Å². The molecule has 0 aromatic carbocycles. The summed E-state index contributed by atoms with van der Waals surface area (Å²) in [7, 11) is 0. The van der Waals surface area contributed by atoms with Crippen LogP contribution in [-0.4, -0.2) is 21.2 Å². The third-order valence-electron chi connectivity index (χ3n) is 1.30. The second kappa shape index (κ2) is 3.62. The molecule has 0 radical (unpaired) electrons. The normalized spacial score (nSPS) is 12.0. The van der Waals surface area contributed by atoms with Crippen LogP contribution in [0.4, 0.5) is 11.9 Å². The molecule has 0 fully saturated rings. The number of nitrogen functional groups attached to an aromatic ring is 1. The number of H-pyrrole nitrogens is 1. The van der Waals surface area contributed by atoms with Crippen molar-refractivity contribution in [1.29, 1.82) is 0 Å². The standard InChI is InChI=1S/C7H11N5/c1-3-4-5(2)9-7-10-6(8)11-12-7/h1,5H,4H2,2H3,(H4,8,9,10,11,12). The average molecular weight is 165 g/mol. The minimum absolute atomic E-state index is 0.158. The van der Waals surface area contributed by atoms with Crippen LogP contribution in [0.2, 0.25) is 0 Å². The van der Waals surface area contributed by atoms with E-state index < -0.39 is 0 Å². The summed E-state index contributed by atoms with van der Waals surface area (Å²) in [6.45, 7) is 1.95. The Morgan fingerprint density at radius 2 is 2.58 bits per heavy atom. The molecule has 12 heavy (non-hydrogen) atoms. The molecule has 1 aromatic heterocycles. The number of rotatable bonds is 3. The van der Waals surface area contributed by atoms with Crippen LogP contribution in [0.25, 0.3) is 0 Å². The first-order valence-electron chi connectivity index (χ1n) is 3.60. The maximum Gasteiger partial charge on any atom is 0.243 e. The number of aromatic nitrogens is 3.